The molecule has 1 amide bonds. The smallest absolute Gasteiger partial charge is 0.407 e. The molecule has 12 heteroatoms. The van der Waals surface area contributed by atoms with Crippen LogP contribution in [-0.2, 0) is 9.53 Å². The average Bonchev–Trinajstić information content (AvgIpc) is 3.29. The van der Waals surface area contributed by atoms with Crippen LogP contribution in [0.4, 0.5) is 10.7 Å². The highest BCUT2D eigenvalue weighted by molar-refractivity contribution is 5.75. The summed E-state index contributed by atoms with van der Waals surface area (Å²) in [5, 5.41) is 15.4. The Hall–Kier alpha value is -3.15. The number of aliphatic carboxylic acids is 1. The SMILES string of the molecule is CC(C)CNc1nc2ncn([C@H]3C[C@@H](C(=O)O)N(CCNC(=O)OC(C)(C)C)C3)c2c(=O)[nH]1. The third kappa shape index (κ3) is 6.21. The summed E-state index contributed by atoms with van der Waals surface area (Å²) in [6.07, 6.45) is 1.29. The van der Waals surface area contributed by atoms with Gasteiger partial charge in [-0.05, 0) is 33.1 Å². The number of anilines is 1. The predicted molar refractivity (Wildman–Crippen MR) is 122 cm³/mol. The number of carbonyl (C=O) groups is 2. The summed E-state index contributed by atoms with van der Waals surface area (Å²) in [6, 6.07) is -1.01. The van der Waals surface area contributed by atoms with Crippen LogP contribution in [0.2, 0.25) is 0 Å². The van der Waals surface area contributed by atoms with Crippen molar-refractivity contribution < 1.29 is 19.4 Å². The predicted octanol–water partition coefficient (Wildman–Crippen LogP) is 1.41. The van der Waals surface area contributed by atoms with Crippen molar-refractivity contribution in [2.75, 3.05) is 31.5 Å². The Balaban J connectivity index is 1.71. The molecule has 0 unspecified atom stereocenters. The van der Waals surface area contributed by atoms with Crippen LogP contribution in [0.1, 0.15) is 47.1 Å². The van der Waals surface area contributed by atoms with Gasteiger partial charge in [0.1, 0.15) is 11.6 Å². The van der Waals surface area contributed by atoms with E-state index in [1.165, 1.54) is 6.33 Å². The number of carbonyl (C=O) groups excluding carboxylic acids is 1. The van der Waals surface area contributed by atoms with Gasteiger partial charge in [0.2, 0.25) is 5.95 Å². The van der Waals surface area contributed by atoms with E-state index in [9.17, 15) is 19.5 Å². The van der Waals surface area contributed by atoms with Gasteiger partial charge in [-0.1, -0.05) is 13.8 Å². The Morgan fingerprint density at radius 3 is 2.73 bits per heavy atom. The number of nitrogens with zero attached hydrogens (tertiary/aromatic N) is 4. The summed E-state index contributed by atoms with van der Waals surface area (Å²) < 4.78 is 6.91. The number of rotatable bonds is 8. The number of carboxylic acids is 1. The van der Waals surface area contributed by atoms with E-state index in [1.807, 2.05) is 13.8 Å². The van der Waals surface area contributed by atoms with Crippen molar-refractivity contribution in [3.8, 4) is 0 Å². The third-order valence-corrected chi connectivity index (χ3v) is 5.24. The van der Waals surface area contributed by atoms with E-state index in [0.29, 0.717) is 49.1 Å². The lowest BCUT2D eigenvalue weighted by Gasteiger charge is -2.23. The topological polar surface area (TPSA) is 154 Å². The molecule has 0 bridgehead atoms. The molecule has 182 valence electrons. The quantitative estimate of drug-likeness (QED) is 0.455. The lowest BCUT2D eigenvalue weighted by atomic mass is 10.1. The summed E-state index contributed by atoms with van der Waals surface area (Å²) >= 11 is 0. The van der Waals surface area contributed by atoms with Crippen molar-refractivity contribution >= 4 is 29.2 Å². The Bertz CT molecular complexity index is 1060. The number of fused-ring (bicyclic) bond motifs is 1. The molecule has 0 saturated carbocycles. The van der Waals surface area contributed by atoms with Gasteiger partial charge < -0.3 is 25.0 Å². The summed E-state index contributed by atoms with van der Waals surface area (Å²) in [6.45, 7) is 11.0. The number of carboxylic acid groups (broad SMARTS) is 1. The molecule has 12 nitrogen and oxygen atoms in total. The monoisotopic (exact) mass is 463 g/mol. The number of aromatic nitrogens is 4. The zero-order valence-corrected chi connectivity index (χ0v) is 19.7. The van der Waals surface area contributed by atoms with Crippen molar-refractivity contribution in [3.05, 3.63) is 16.7 Å². The number of hydrogen-bond acceptors (Lipinski definition) is 8. The molecule has 0 radical (unpaired) electrons. The van der Waals surface area contributed by atoms with Gasteiger partial charge in [0.25, 0.3) is 5.56 Å². The van der Waals surface area contributed by atoms with Crippen LogP contribution in [0.25, 0.3) is 11.2 Å². The number of amides is 1. The number of alkyl carbamates (subject to hydrolysis) is 1. The molecule has 0 aliphatic carbocycles. The lowest BCUT2D eigenvalue weighted by molar-refractivity contribution is -0.142. The molecule has 33 heavy (non-hydrogen) atoms. The second-order valence-electron chi connectivity index (χ2n) is 9.68. The number of ether oxygens (including phenoxy) is 1. The fraction of sp³-hybridized carbons (Fsp3) is 0.667. The normalized spacial score (nSPS) is 19.2. The van der Waals surface area contributed by atoms with Gasteiger partial charge in [-0.3, -0.25) is 19.5 Å². The maximum atomic E-state index is 12.8. The van der Waals surface area contributed by atoms with Gasteiger partial charge in [0, 0.05) is 26.2 Å². The highest BCUT2D eigenvalue weighted by Crippen LogP contribution is 2.29. The molecular weight excluding hydrogens is 430 g/mol. The molecule has 0 aromatic carbocycles. The first-order chi connectivity index (χ1) is 15.4. The van der Waals surface area contributed by atoms with Crippen LogP contribution in [0, 0.1) is 5.92 Å². The molecule has 0 spiro atoms. The van der Waals surface area contributed by atoms with E-state index >= 15 is 0 Å². The first kappa shape index (κ1) is 24.5. The summed E-state index contributed by atoms with van der Waals surface area (Å²) in [7, 11) is 0. The van der Waals surface area contributed by atoms with Crippen molar-refractivity contribution in [3.63, 3.8) is 0 Å². The minimum Gasteiger partial charge on any atom is -0.480 e. The second kappa shape index (κ2) is 9.77. The number of nitrogens with one attached hydrogen (secondary N) is 3. The molecule has 1 aliphatic heterocycles. The zero-order chi connectivity index (χ0) is 24.3. The molecule has 1 saturated heterocycles. The van der Waals surface area contributed by atoms with Crippen LogP contribution in [0.3, 0.4) is 0 Å². The summed E-state index contributed by atoms with van der Waals surface area (Å²) in [5.74, 6) is -0.215. The third-order valence-electron chi connectivity index (χ3n) is 5.24. The van der Waals surface area contributed by atoms with Crippen LogP contribution in [-0.4, -0.2) is 79.4 Å². The average molecular weight is 464 g/mol. The number of hydrogen-bond donors (Lipinski definition) is 4. The minimum atomic E-state index is -0.952. The van der Waals surface area contributed by atoms with Crippen LogP contribution in [0.15, 0.2) is 11.1 Å². The Morgan fingerprint density at radius 2 is 2.09 bits per heavy atom. The van der Waals surface area contributed by atoms with Crippen LogP contribution >= 0.6 is 0 Å². The molecule has 2 atom stereocenters. The van der Waals surface area contributed by atoms with Crippen LogP contribution in [0.5, 0.6) is 0 Å². The molecule has 1 aliphatic rings. The van der Waals surface area contributed by atoms with E-state index in [2.05, 4.69) is 25.6 Å². The number of H-pyrrole nitrogens is 1. The molecule has 4 N–H and O–H groups in total. The zero-order valence-electron chi connectivity index (χ0n) is 19.7. The maximum absolute atomic E-state index is 12.8. The van der Waals surface area contributed by atoms with E-state index in [0.717, 1.165) is 0 Å². The van der Waals surface area contributed by atoms with Crippen LogP contribution < -0.4 is 16.2 Å². The van der Waals surface area contributed by atoms with Crippen molar-refractivity contribution in [2.24, 2.45) is 5.92 Å². The van der Waals surface area contributed by atoms with Gasteiger partial charge >= 0.3 is 12.1 Å². The van der Waals surface area contributed by atoms with Gasteiger partial charge in [0.05, 0.1) is 12.4 Å². The molecule has 1 fully saturated rings. The number of aromatic amines is 1. The van der Waals surface area contributed by atoms with E-state index in [1.54, 1.807) is 30.2 Å². The molecule has 3 rings (SSSR count). The van der Waals surface area contributed by atoms with E-state index in [-0.39, 0.29) is 18.1 Å². The highest BCUT2D eigenvalue weighted by Gasteiger charge is 2.38. The molecule has 2 aromatic rings. The minimum absolute atomic E-state index is 0.239. The number of imidazole rings is 1. The fourth-order valence-electron chi connectivity index (χ4n) is 3.81. The van der Waals surface area contributed by atoms with E-state index < -0.39 is 23.7 Å². The van der Waals surface area contributed by atoms with Gasteiger partial charge in [-0.25, -0.2) is 9.78 Å². The Morgan fingerprint density at radius 1 is 1.36 bits per heavy atom. The Labute approximate surface area is 191 Å². The summed E-state index contributed by atoms with van der Waals surface area (Å²) in [5.41, 5.74) is -0.323. The van der Waals surface area contributed by atoms with E-state index in [4.69, 9.17) is 4.74 Å². The van der Waals surface area contributed by atoms with Crippen molar-refractivity contribution in [1.82, 2.24) is 29.7 Å². The second-order valence-corrected chi connectivity index (χ2v) is 9.68. The summed E-state index contributed by atoms with van der Waals surface area (Å²) in [4.78, 5) is 49.6. The first-order valence-electron chi connectivity index (χ1n) is 11.1. The van der Waals surface area contributed by atoms with Crippen molar-refractivity contribution in [1.29, 1.82) is 0 Å². The van der Waals surface area contributed by atoms with Gasteiger partial charge in [-0.2, -0.15) is 4.98 Å². The first-order valence-corrected chi connectivity index (χ1v) is 11.1. The molecule has 3 heterocycles. The largest absolute Gasteiger partial charge is 0.480 e. The molecule has 2 aromatic heterocycles. The van der Waals surface area contributed by atoms with Gasteiger partial charge in [-0.15, -0.1) is 0 Å². The number of likely N-dealkylation sites (tertiary alicyclic amines) is 1. The maximum Gasteiger partial charge on any atom is 0.407 e. The Kier molecular flexibility index (Phi) is 7.25. The van der Waals surface area contributed by atoms with Crippen molar-refractivity contribution in [2.45, 2.75) is 58.7 Å². The highest BCUT2D eigenvalue weighted by atomic mass is 16.6. The molecular formula is C21H33N7O5. The fourth-order valence-corrected chi connectivity index (χ4v) is 3.81. The van der Waals surface area contributed by atoms with Gasteiger partial charge in [0.15, 0.2) is 11.2 Å². The standard InChI is InChI=1S/C21H33N7O5/c1-12(2)9-23-19-25-16-15(17(29)26-19)28(11-24-16)13-8-14(18(30)31)27(10-13)7-6-22-20(32)33-21(3,4)5/h11-14H,6-10H2,1-5H3,(H,22,32)(H,30,31)(H2,23,25,26,29)/t13-,14-/m0/s1. The lowest BCUT2D eigenvalue weighted by Crippen LogP contribution is -2.42.